The predicted molar refractivity (Wildman–Crippen MR) is 100 cm³/mol. The molecule has 8 heteroatoms. The van der Waals surface area contributed by atoms with Crippen LogP contribution in [-0.2, 0) is 0 Å². The van der Waals surface area contributed by atoms with Gasteiger partial charge in [0.05, 0.1) is 11.8 Å². The second-order valence-corrected chi connectivity index (χ2v) is 11.1. The van der Waals surface area contributed by atoms with Gasteiger partial charge in [-0.2, -0.15) is 0 Å². The Balaban J connectivity index is 4.68. The average Bonchev–Trinajstić information content (AvgIpc) is 2.37. The third-order valence-corrected chi connectivity index (χ3v) is 9.22. The summed E-state index contributed by atoms with van der Waals surface area (Å²) in [5.41, 5.74) is 1.02. The van der Waals surface area contributed by atoms with Crippen LogP contribution in [-0.4, -0.2) is 62.3 Å². The molecule has 0 spiro atoms. The summed E-state index contributed by atoms with van der Waals surface area (Å²) in [4.78, 5) is -1.00. The van der Waals surface area contributed by atoms with Crippen molar-refractivity contribution in [3.8, 4) is 0 Å². The molecule has 0 rings (SSSR count). The number of nitrogens with zero attached hydrogens (tertiary/aromatic N) is 2. The van der Waals surface area contributed by atoms with E-state index in [1.807, 2.05) is 13.8 Å². The number of halogens is 4. The second kappa shape index (κ2) is 9.72. The molecule has 0 aromatic rings. The molecule has 0 aromatic heterocycles. The molecule has 2 unspecified atom stereocenters. The molecule has 0 aliphatic rings. The van der Waals surface area contributed by atoms with E-state index in [0.717, 1.165) is 5.67 Å². The van der Waals surface area contributed by atoms with Crippen LogP contribution in [0, 0.1) is 0 Å². The zero-order valence-corrected chi connectivity index (χ0v) is 18.7. The molecular weight excluding hydrogens is 382 g/mol. The van der Waals surface area contributed by atoms with Crippen molar-refractivity contribution < 1.29 is 0 Å². The van der Waals surface area contributed by atoms with Crippen molar-refractivity contribution in [2.24, 2.45) is 0 Å². The maximum Gasteiger partial charge on any atom is 0.141 e. The fourth-order valence-electron chi connectivity index (χ4n) is 2.11. The van der Waals surface area contributed by atoms with Crippen molar-refractivity contribution in [2.45, 2.75) is 69.3 Å². The molecule has 2 atom stereocenters. The molecule has 0 amide bonds. The van der Waals surface area contributed by atoms with E-state index in [0.29, 0.717) is 43.2 Å². The lowest BCUT2D eigenvalue weighted by atomic mass is 10.3. The van der Waals surface area contributed by atoms with Gasteiger partial charge in [0.15, 0.2) is 0 Å². The fourth-order valence-corrected chi connectivity index (χ4v) is 6.51. The molecule has 0 aromatic carbocycles. The number of alkyl halides is 4. The third-order valence-electron chi connectivity index (χ3n) is 3.02. The first-order valence-corrected chi connectivity index (χ1v) is 11.2. The SMILES string of the molecule is CC(C)N([Si]C[Si]N(C(C)C)C(C)(Cl)CCl)C(C)(Cl)CCl. The quantitative estimate of drug-likeness (QED) is 0.300. The first kappa shape index (κ1) is 22.5. The van der Waals surface area contributed by atoms with E-state index < -0.39 is 10.00 Å². The smallest absolute Gasteiger partial charge is 0.141 e. The molecule has 0 aliphatic heterocycles. The molecule has 4 radical (unpaired) electrons. The molecule has 124 valence electrons. The first-order chi connectivity index (χ1) is 9.49. The molecular formula is C13H26Cl4N2Si2. The summed E-state index contributed by atoms with van der Waals surface area (Å²) in [7, 11) is 1.23. The largest absolute Gasteiger partial charge is 0.305 e. The highest BCUT2D eigenvalue weighted by molar-refractivity contribution is 6.54. The highest BCUT2D eigenvalue weighted by atomic mass is 35.5. The van der Waals surface area contributed by atoms with Gasteiger partial charge in [0.2, 0.25) is 0 Å². The Morgan fingerprint density at radius 1 is 0.810 bits per heavy atom. The van der Waals surface area contributed by atoms with Gasteiger partial charge in [-0.3, -0.25) is 0 Å². The molecule has 0 heterocycles. The van der Waals surface area contributed by atoms with Gasteiger partial charge in [-0.25, -0.2) is 0 Å². The lowest BCUT2D eigenvalue weighted by molar-refractivity contribution is 0.272. The van der Waals surface area contributed by atoms with Crippen molar-refractivity contribution in [3.05, 3.63) is 0 Å². The minimum atomic E-state index is -0.502. The van der Waals surface area contributed by atoms with Crippen LogP contribution in [0.1, 0.15) is 41.5 Å². The Bertz CT molecular complexity index is 274. The monoisotopic (exact) mass is 406 g/mol. The number of rotatable bonds is 10. The summed E-state index contributed by atoms with van der Waals surface area (Å²) in [6.07, 6.45) is 0. The van der Waals surface area contributed by atoms with Gasteiger partial charge >= 0.3 is 0 Å². The maximum absolute atomic E-state index is 6.52. The summed E-state index contributed by atoms with van der Waals surface area (Å²) in [5.74, 6) is 0.817. The van der Waals surface area contributed by atoms with Crippen molar-refractivity contribution >= 4 is 65.8 Å². The average molecular weight is 408 g/mol. The van der Waals surface area contributed by atoms with Crippen LogP contribution in [0.4, 0.5) is 0 Å². The van der Waals surface area contributed by atoms with Crippen molar-refractivity contribution in [3.63, 3.8) is 0 Å². The van der Waals surface area contributed by atoms with E-state index in [1.54, 1.807) is 0 Å². The van der Waals surface area contributed by atoms with Gasteiger partial charge < -0.3 is 9.13 Å². The highest BCUT2D eigenvalue weighted by Crippen LogP contribution is 2.26. The summed E-state index contributed by atoms with van der Waals surface area (Å²) >= 11 is 25.0. The van der Waals surface area contributed by atoms with Crippen LogP contribution < -0.4 is 0 Å². The topological polar surface area (TPSA) is 6.48 Å². The molecule has 0 N–H and O–H groups in total. The molecule has 0 saturated carbocycles. The standard InChI is InChI=1S/C13H26Cl4N2Si2/c1-10(2)18(12(5,16)7-14)20-9-21-19(11(3)4)13(6,17)8-15/h10-11H,7-9H2,1-6H3. The molecule has 21 heavy (non-hydrogen) atoms. The predicted octanol–water partition coefficient (Wildman–Crippen LogP) is 4.41. The van der Waals surface area contributed by atoms with E-state index >= 15 is 0 Å². The molecule has 0 saturated heterocycles. The minimum Gasteiger partial charge on any atom is -0.305 e. The Kier molecular flexibility index (Phi) is 10.4. The lowest BCUT2D eigenvalue weighted by Gasteiger charge is -2.40. The molecule has 0 fully saturated rings. The fraction of sp³-hybridized carbons (Fsp3) is 1.00. The van der Waals surface area contributed by atoms with Crippen molar-refractivity contribution in [2.75, 3.05) is 11.8 Å². The minimum absolute atomic E-state index is 0.359. The van der Waals surface area contributed by atoms with Crippen LogP contribution >= 0.6 is 46.4 Å². The Morgan fingerprint density at radius 2 is 1.10 bits per heavy atom. The van der Waals surface area contributed by atoms with E-state index in [1.165, 1.54) is 0 Å². The van der Waals surface area contributed by atoms with Crippen LogP contribution in [0.5, 0.6) is 0 Å². The van der Waals surface area contributed by atoms with Gasteiger partial charge in [-0.05, 0) is 31.6 Å². The van der Waals surface area contributed by atoms with Crippen LogP contribution in [0.2, 0.25) is 5.67 Å². The zero-order valence-electron chi connectivity index (χ0n) is 13.7. The van der Waals surface area contributed by atoms with E-state index in [2.05, 4.69) is 36.8 Å². The maximum atomic E-state index is 6.52. The lowest BCUT2D eigenvalue weighted by Crippen LogP contribution is -2.53. The second-order valence-electron chi connectivity index (χ2n) is 5.97. The Hall–Kier alpha value is 1.51. The van der Waals surface area contributed by atoms with E-state index in [9.17, 15) is 0 Å². The van der Waals surface area contributed by atoms with Crippen molar-refractivity contribution in [1.29, 1.82) is 0 Å². The van der Waals surface area contributed by atoms with E-state index in [4.69, 9.17) is 46.4 Å². The normalized spacial score (nSPS) is 18.6. The summed E-state index contributed by atoms with van der Waals surface area (Å²) in [6.45, 7) is 12.5. The third kappa shape index (κ3) is 7.29. The number of hydrogen-bond donors (Lipinski definition) is 0. The van der Waals surface area contributed by atoms with Crippen LogP contribution in [0.25, 0.3) is 0 Å². The zero-order chi connectivity index (χ0) is 16.8. The number of hydrogen-bond acceptors (Lipinski definition) is 2. The van der Waals surface area contributed by atoms with Gasteiger partial charge in [-0.15, -0.1) is 46.4 Å². The summed E-state index contributed by atoms with van der Waals surface area (Å²) in [5, 5.41) is 0. The summed E-state index contributed by atoms with van der Waals surface area (Å²) in [6, 6.07) is 0.717. The van der Waals surface area contributed by atoms with Gasteiger partial charge in [0, 0.05) is 0 Å². The van der Waals surface area contributed by atoms with Gasteiger partial charge in [0.1, 0.15) is 29.4 Å². The molecule has 2 nitrogen and oxygen atoms in total. The Labute approximate surface area is 155 Å². The van der Waals surface area contributed by atoms with Gasteiger partial charge in [0.25, 0.3) is 0 Å². The molecule has 0 bridgehead atoms. The first-order valence-electron chi connectivity index (χ1n) is 7.05. The highest BCUT2D eigenvalue weighted by Gasteiger charge is 2.33. The van der Waals surface area contributed by atoms with Crippen LogP contribution in [0.3, 0.4) is 0 Å². The Morgan fingerprint density at radius 3 is 1.29 bits per heavy atom. The van der Waals surface area contributed by atoms with Crippen LogP contribution in [0.15, 0.2) is 0 Å². The van der Waals surface area contributed by atoms with E-state index in [-0.39, 0.29) is 0 Å². The van der Waals surface area contributed by atoms with Crippen molar-refractivity contribution in [1.82, 2.24) is 9.13 Å². The van der Waals surface area contributed by atoms with Gasteiger partial charge in [-0.1, -0.05) is 27.7 Å². The molecule has 0 aliphatic carbocycles. The summed E-state index contributed by atoms with van der Waals surface area (Å²) < 4.78 is 4.53.